The molecule has 0 radical (unpaired) electrons. The van der Waals surface area contributed by atoms with E-state index in [0.717, 1.165) is 18.6 Å². The molecule has 1 fully saturated rings. The van der Waals surface area contributed by atoms with Gasteiger partial charge in [-0.2, -0.15) is 0 Å². The number of pyridine rings is 1. The molecule has 0 saturated carbocycles. The zero-order chi connectivity index (χ0) is 20.9. The molecule has 9 heteroatoms. The highest BCUT2D eigenvalue weighted by molar-refractivity contribution is 5.92. The lowest BCUT2D eigenvalue weighted by molar-refractivity contribution is 0.0940. The second-order valence-electron chi connectivity index (χ2n) is 7.02. The predicted octanol–water partition coefficient (Wildman–Crippen LogP) is 1.67. The van der Waals surface area contributed by atoms with Crippen LogP contribution in [0.1, 0.15) is 22.6 Å². The molecule has 3 aromatic rings. The van der Waals surface area contributed by atoms with Crippen LogP contribution < -0.4 is 20.3 Å². The summed E-state index contributed by atoms with van der Waals surface area (Å²) in [6.07, 6.45) is 2.62. The molecule has 3 heterocycles. The number of nitrogens with zero attached hydrogens (tertiary/aromatic N) is 2. The number of fused-ring (bicyclic) bond motifs is 1. The molecule has 1 aromatic carbocycles. The number of methoxy groups -OCH3 is 1. The highest BCUT2D eigenvalue weighted by Crippen LogP contribution is 2.17. The zero-order valence-electron chi connectivity index (χ0n) is 16.5. The molecule has 30 heavy (non-hydrogen) atoms. The van der Waals surface area contributed by atoms with Crippen molar-refractivity contribution in [3.05, 3.63) is 58.3 Å². The van der Waals surface area contributed by atoms with Crippen molar-refractivity contribution in [2.75, 3.05) is 26.9 Å². The number of hydrogen-bond donors (Lipinski definition) is 2. The minimum absolute atomic E-state index is 0.0515. The van der Waals surface area contributed by atoms with Gasteiger partial charge in [-0.05, 0) is 36.2 Å². The van der Waals surface area contributed by atoms with Gasteiger partial charge in [0.15, 0.2) is 5.82 Å². The van der Waals surface area contributed by atoms with Crippen LogP contribution >= 0.6 is 0 Å². The lowest BCUT2D eigenvalue weighted by Gasteiger charge is -2.11. The lowest BCUT2D eigenvalue weighted by atomic mass is 10.1. The van der Waals surface area contributed by atoms with Gasteiger partial charge in [0.05, 0.1) is 31.2 Å². The quantitative estimate of drug-likeness (QED) is 0.609. The third-order valence-corrected chi connectivity index (χ3v) is 4.87. The van der Waals surface area contributed by atoms with Crippen molar-refractivity contribution in [1.29, 1.82) is 0 Å². The molecule has 0 aliphatic carbocycles. The van der Waals surface area contributed by atoms with E-state index in [2.05, 4.69) is 20.3 Å². The second kappa shape index (κ2) is 8.91. The van der Waals surface area contributed by atoms with Crippen LogP contribution in [-0.4, -0.2) is 47.8 Å². The Morgan fingerprint density at radius 3 is 3.03 bits per heavy atom. The Kier molecular flexibility index (Phi) is 5.89. The normalized spacial score (nSPS) is 15.8. The van der Waals surface area contributed by atoms with Gasteiger partial charge in [0.25, 0.3) is 11.5 Å². The van der Waals surface area contributed by atoms with E-state index in [4.69, 9.17) is 14.2 Å². The summed E-state index contributed by atoms with van der Waals surface area (Å²) in [6.45, 7) is 2.27. The molecule has 2 aromatic heterocycles. The Balaban J connectivity index is 1.40. The van der Waals surface area contributed by atoms with Crippen molar-refractivity contribution in [3.8, 4) is 11.6 Å². The van der Waals surface area contributed by atoms with Gasteiger partial charge in [-0.1, -0.05) is 0 Å². The van der Waals surface area contributed by atoms with Crippen LogP contribution in [0.5, 0.6) is 11.6 Å². The summed E-state index contributed by atoms with van der Waals surface area (Å²) in [6, 6.07) is 8.47. The van der Waals surface area contributed by atoms with Crippen molar-refractivity contribution >= 4 is 16.8 Å². The molecular weight excluding hydrogens is 388 g/mol. The summed E-state index contributed by atoms with van der Waals surface area (Å²) < 4.78 is 16.2. The summed E-state index contributed by atoms with van der Waals surface area (Å²) in [5.74, 6) is 0.894. The molecule has 1 unspecified atom stereocenters. The first kappa shape index (κ1) is 19.8. The minimum Gasteiger partial charge on any atom is -0.497 e. The number of carbonyl (C=O) groups excluding carboxylic acids is 1. The first-order valence-corrected chi connectivity index (χ1v) is 9.64. The van der Waals surface area contributed by atoms with Crippen LogP contribution in [0, 0.1) is 5.92 Å². The molecule has 1 atom stereocenters. The molecule has 0 spiro atoms. The fourth-order valence-corrected chi connectivity index (χ4v) is 3.18. The van der Waals surface area contributed by atoms with Crippen LogP contribution in [0.25, 0.3) is 10.9 Å². The lowest BCUT2D eigenvalue weighted by Crippen LogP contribution is -2.27. The van der Waals surface area contributed by atoms with E-state index in [1.807, 2.05) is 0 Å². The van der Waals surface area contributed by atoms with E-state index in [1.165, 1.54) is 7.11 Å². The largest absolute Gasteiger partial charge is 0.497 e. The zero-order valence-corrected chi connectivity index (χ0v) is 16.5. The molecule has 1 saturated heterocycles. The van der Waals surface area contributed by atoms with Gasteiger partial charge in [-0.15, -0.1) is 0 Å². The number of aromatic nitrogens is 3. The molecule has 156 valence electrons. The number of aromatic amines is 1. The Morgan fingerprint density at radius 1 is 1.33 bits per heavy atom. The molecular formula is C21H22N4O5. The number of carbonyl (C=O) groups is 1. The van der Waals surface area contributed by atoms with Crippen molar-refractivity contribution in [3.63, 3.8) is 0 Å². The molecule has 9 nitrogen and oxygen atoms in total. The number of amides is 1. The highest BCUT2D eigenvalue weighted by atomic mass is 16.5. The number of hydrogen-bond acceptors (Lipinski definition) is 7. The van der Waals surface area contributed by atoms with Crippen molar-refractivity contribution in [1.82, 2.24) is 20.3 Å². The minimum atomic E-state index is -0.479. The average molecular weight is 410 g/mol. The van der Waals surface area contributed by atoms with Gasteiger partial charge in [-0.3, -0.25) is 9.59 Å². The first-order chi connectivity index (χ1) is 14.6. The Hall–Kier alpha value is -3.46. The Morgan fingerprint density at radius 2 is 2.23 bits per heavy atom. The Labute approximate surface area is 172 Å². The topological polar surface area (TPSA) is 115 Å². The van der Waals surface area contributed by atoms with Crippen LogP contribution in [-0.2, 0) is 11.3 Å². The van der Waals surface area contributed by atoms with E-state index in [1.54, 1.807) is 36.5 Å². The van der Waals surface area contributed by atoms with Gasteiger partial charge in [0.2, 0.25) is 5.88 Å². The van der Waals surface area contributed by atoms with Crippen LogP contribution in [0.4, 0.5) is 0 Å². The third kappa shape index (κ3) is 4.57. The smallest absolute Gasteiger partial charge is 0.287 e. The molecule has 1 amide bonds. The number of rotatable bonds is 7. The summed E-state index contributed by atoms with van der Waals surface area (Å²) in [4.78, 5) is 35.8. The maximum atomic E-state index is 12.5. The molecule has 0 bridgehead atoms. The van der Waals surface area contributed by atoms with Gasteiger partial charge < -0.3 is 24.5 Å². The second-order valence-corrected chi connectivity index (χ2v) is 7.02. The van der Waals surface area contributed by atoms with Crippen molar-refractivity contribution in [2.45, 2.75) is 13.0 Å². The molecule has 1 aliphatic heterocycles. The van der Waals surface area contributed by atoms with Crippen LogP contribution in [0.2, 0.25) is 0 Å². The summed E-state index contributed by atoms with van der Waals surface area (Å²) in [7, 11) is 1.52. The van der Waals surface area contributed by atoms with E-state index < -0.39 is 11.5 Å². The summed E-state index contributed by atoms with van der Waals surface area (Å²) in [5.41, 5.74) is 0.837. The van der Waals surface area contributed by atoms with Crippen molar-refractivity contribution < 1.29 is 19.0 Å². The number of benzene rings is 1. The van der Waals surface area contributed by atoms with Crippen molar-refractivity contribution in [2.24, 2.45) is 5.92 Å². The third-order valence-electron chi connectivity index (χ3n) is 4.87. The molecule has 4 rings (SSSR count). The van der Waals surface area contributed by atoms with E-state index in [-0.39, 0.29) is 12.4 Å². The van der Waals surface area contributed by atoms with Gasteiger partial charge in [0.1, 0.15) is 5.75 Å². The standard InChI is InChI=1S/C21H22N4O5/c1-28-15-2-3-17-16(9-15)20(26)25-19(24-17)21(27)23-10-13-4-6-22-18(8-13)30-12-14-5-7-29-11-14/h2-4,6,8-9,14H,5,7,10-12H2,1H3,(H,23,27)(H,24,25,26). The van der Waals surface area contributed by atoms with Crippen LogP contribution in [0.3, 0.4) is 0 Å². The van der Waals surface area contributed by atoms with E-state index >= 15 is 0 Å². The van der Waals surface area contributed by atoms with E-state index in [9.17, 15) is 9.59 Å². The highest BCUT2D eigenvalue weighted by Gasteiger charge is 2.17. The Bertz CT molecular complexity index is 1110. The average Bonchev–Trinajstić information content (AvgIpc) is 3.30. The maximum absolute atomic E-state index is 12.5. The molecule has 2 N–H and O–H groups in total. The first-order valence-electron chi connectivity index (χ1n) is 9.64. The van der Waals surface area contributed by atoms with Gasteiger partial charge in [0, 0.05) is 31.3 Å². The number of nitrogens with one attached hydrogen (secondary N) is 2. The SMILES string of the molecule is COc1ccc2nc(C(=O)NCc3ccnc(OCC4CCOC4)c3)[nH]c(=O)c2c1. The number of H-pyrrole nitrogens is 1. The van der Waals surface area contributed by atoms with Gasteiger partial charge >= 0.3 is 0 Å². The molecule has 1 aliphatic rings. The van der Waals surface area contributed by atoms with Gasteiger partial charge in [-0.25, -0.2) is 9.97 Å². The predicted molar refractivity (Wildman–Crippen MR) is 109 cm³/mol. The summed E-state index contributed by atoms with van der Waals surface area (Å²) >= 11 is 0. The number of ether oxygens (including phenoxy) is 3. The fourth-order valence-electron chi connectivity index (χ4n) is 3.18. The van der Waals surface area contributed by atoms with E-state index in [0.29, 0.717) is 41.7 Å². The van der Waals surface area contributed by atoms with Crippen LogP contribution in [0.15, 0.2) is 41.3 Å². The fraction of sp³-hybridized carbons (Fsp3) is 0.333. The maximum Gasteiger partial charge on any atom is 0.287 e. The monoisotopic (exact) mass is 410 g/mol. The summed E-state index contributed by atoms with van der Waals surface area (Å²) in [5, 5.41) is 3.11.